The maximum atomic E-state index is 9.42. The van der Waals surface area contributed by atoms with Crippen LogP contribution in [-0.2, 0) is 0 Å². The molecule has 0 heterocycles. The van der Waals surface area contributed by atoms with E-state index in [9.17, 15) is 5.11 Å². The number of hydrogen-bond acceptors (Lipinski definition) is 1. The summed E-state index contributed by atoms with van der Waals surface area (Å²) in [5.74, 6) is 0.298. The van der Waals surface area contributed by atoms with Crippen LogP contribution < -0.4 is 0 Å². The second-order valence-electron chi connectivity index (χ2n) is 3.46. The first-order valence-corrected chi connectivity index (χ1v) is 5.52. The second-order valence-corrected chi connectivity index (χ2v) is 4.32. The monoisotopic (exact) mass is 262 g/mol. The van der Waals surface area contributed by atoms with E-state index in [4.69, 9.17) is 0 Å². The first kappa shape index (κ1) is 10.2. The number of hydrogen-bond donors (Lipinski definition) is 1. The molecule has 0 saturated heterocycles. The summed E-state index contributed by atoms with van der Waals surface area (Å²) in [6, 6.07) is 13.4. The molecule has 2 aromatic carbocycles. The summed E-state index contributed by atoms with van der Waals surface area (Å²) in [6.45, 7) is 2.06. The Labute approximate surface area is 97.5 Å². The van der Waals surface area contributed by atoms with E-state index in [2.05, 4.69) is 28.9 Å². The summed E-state index contributed by atoms with van der Waals surface area (Å²) < 4.78 is 1.09. The minimum Gasteiger partial charge on any atom is -0.508 e. The molecule has 2 rings (SSSR count). The highest BCUT2D eigenvalue weighted by Crippen LogP contribution is 2.30. The van der Waals surface area contributed by atoms with Crippen LogP contribution in [0.15, 0.2) is 46.9 Å². The van der Waals surface area contributed by atoms with Crippen LogP contribution in [0.4, 0.5) is 0 Å². The third-order valence-corrected chi connectivity index (χ3v) is 3.28. The van der Waals surface area contributed by atoms with Crippen LogP contribution in [0.25, 0.3) is 11.1 Å². The zero-order valence-electron chi connectivity index (χ0n) is 8.37. The Kier molecular flexibility index (Phi) is 2.78. The Bertz CT molecular complexity index is 492. The van der Waals surface area contributed by atoms with E-state index in [1.807, 2.05) is 24.3 Å². The van der Waals surface area contributed by atoms with E-state index in [0.717, 1.165) is 15.6 Å². The van der Waals surface area contributed by atoms with Gasteiger partial charge in [0.05, 0.1) is 0 Å². The second kappa shape index (κ2) is 4.07. The lowest BCUT2D eigenvalue weighted by Crippen LogP contribution is -1.83. The van der Waals surface area contributed by atoms with Crippen LogP contribution in [0.3, 0.4) is 0 Å². The van der Waals surface area contributed by atoms with E-state index < -0.39 is 0 Å². The highest BCUT2D eigenvalue weighted by atomic mass is 79.9. The molecule has 0 aliphatic rings. The van der Waals surface area contributed by atoms with Gasteiger partial charge in [0, 0.05) is 4.47 Å². The largest absolute Gasteiger partial charge is 0.508 e. The Morgan fingerprint density at radius 3 is 2.53 bits per heavy atom. The highest BCUT2D eigenvalue weighted by Gasteiger charge is 2.04. The summed E-state index contributed by atoms with van der Waals surface area (Å²) >= 11 is 3.50. The Morgan fingerprint density at radius 2 is 1.80 bits per heavy atom. The minimum atomic E-state index is 0.298. The van der Waals surface area contributed by atoms with Crippen LogP contribution in [0.2, 0.25) is 0 Å². The number of phenolic OH excluding ortho intramolecular Hbond substituents is 1. The van der Waals surface area contributed by atoms with Gasteiger partial charge in [-0.25, -0.2) is 0 Å². The molecule has 76 valence electrons. The molecule has 0 aromatic heterocycles. The molecular weight excluding hydrogens is 252 g/mol. The van der Waals surface area contributed by atoms with Crippen molar-refractivity contribution < 1.29 is 5.11 Å². The minimum absolute atomic E-state index is 0.298. The van der Waals surface area contributed by atoms with E-state index in [-0.39, 0.29) is 0 Å². The number of halogens is 1. The predicted molar refractivity (Wildman–Crippen MR) is 66.0 cm³/mol. The Balaban J connectivity index is 2.59. The third-order valence-electron chi connectivity index (χ3n) is 2.42. The molecule has 0 fully saturated rings. The molecule has 2 heteroatoms. The van der Waals surface area contributed by atoms with Crippen molar-refractivity contribution in [3.8, 4) is 16.9 Å². The summed E-state index contributed by atoms with van der Waals surface area (Å²) in [5.41, 5.74) is 3.36. The first-order valence-electron chi connectivity index (χ1n) is 4.73. The van der Waals surface area contributed by atoms with Crippen molar-refractivity contribution >= 4 is 15.9 Å². The SMILES string of the molecule is Cc1c(Br)cccc1-c1cccc(O)c1. The van der Waals surface area contributed by atoms with Gasteiger partial charge in [0.15, 0.2) is 0 Å². The zero-order valence-corrected chi connectivity index (χ0v) is 9.95. The first-order chi connectivity index (χ1) is 7.18. The summed E-state index contributed by atoms with van der Waals surface area (Å²) in [7, 11) is 0. The molecule has 0 radical (unpaired) electrons. The third kappa shape index (κ3) is 2.05. The van der Waals surface area contributed by atoms with Crippen molar-refractivity contribution in [1.82, 2.24) is 0 Å². The fourth-order valence-electron chi connectivity index (χ4n) is 1.59. The smallest absolute Gasteiger partial charge is 0.116 e. The maximum Gasteiger partial charge on any atom is 0.116 e. The van der Waals surface area contributed by atoms with Crippen molar-refractivity contribution in [1.29, 1.82) is 0 Å². The van der Waals surface area contributed by atoms with Crippen LogP contribution in [-0.4, -0.2) is 5.11 Å². The number of benzene rings is 2. The standard InChI is InChI=1S/C13H11BrO/c1-9-12(6-3-7-13(9)14)10-4-2-5-11(15)8-10/h2-8,15H,1H3. The van der Waals surface area contributed by atoms with Crippen molar-refractivity contribution in [2.45, 2.75) is 6.92 Å². The Morgan fingerprint density at radius 1 is 1.07 bits per heavy atom. The normalized spacial score (nSPS) is 10.3. The maximum absolute atomic E-state index is 9.42. The van der Waals surface area contributed by atoms with Crippen LogP contribution in [0.5, 0.6) is 5.75 Å². The van der Waals surface area contributed by atoms with Gasteiger partial charge in [-0.1, -0.05) is 40.2 Å². The number of aromatic hydroxyl groups is 1. The lowest BCUT2D eigenvalue weighted by molar-refractivity contribution is 0.475. The lowest BCUT2D eigenvalue weighted by atomic mass is 10.0. The quantitative estimate of drug-likeness (QED) is 0.820. The molecule has 1 N–H and O–H groups in total. The fourth-order valence-corrected chi connectivity index (χ4v) is 1.96. The summed E-state index contributed by atoms with van der Waals surface area (Å²) in [6.07, 6.45) is 0. The van der Waals surface area contributed by atoms with E-state index in [0.29, 0.717) is 5.75 Å². The average Bonchev–Trinajstić information content (AvgIpc) is 2.22. The van der Waals surface area contributed by atoms with Gasteiger partial charge >= 0.3 is 0 Å². The fraction of sp³-hybridized carbons (Fsp3) is 0.0769. The predicted octanol–water partition coefficient (Wildman–Crippen LogP) is 4.13. The van der Waals surface area contributed by atoms with Gasteiger partial charge in [0.1, 0.15) is 5.75 Å². The van der Waals surface area contributed by atoms with Gasteiger partial charge in [-0.15, -0.1) is 0 Å². The lowest BCUT2D eigenvalue weighted by Gasteiger charge is -2.07. The molecule has 0 aliphatic heterocycles. The molecular formula is C13H11BrO. The Hall–Kier alpha value is -1.28. The molecule has 0 saturated carbocycles. The van der Waals surface area contributed by atoms with E-state index in [1.54, 1.807) is 12.1 Å². The molecule has 0 unspecified atom stereocenters. The highest BCUT2D eigenvalue weighted by molar-refractivity contribution is 9.10. The molecule has 0 amide bonds. The molecule has 0 bridgehead atoms. The van der Waals surface area contributed by atoms with Crippen molar-refractivity contribution in [3.05, 3.63) is 52.5 Å². The van der Waals surface area contributed by atoms with Gasteiger partial charge in [-0.3, -0.25) is 0 Å². The summed E-state index contributed by atoms with van der Waals surface area (Å²) in [5, 5.41) is 9.42. The average molecular weight is 263 g/mol. The molecule has 1 nitrogen and oxygen atoms in total. The topological polar surface area (TPSA) is 20.2 Å². The molecule has 0 atom stereocenters. The summed E-state index contributed by atoms with van der Waals surface area (Å²) in [4.78, 5) is 0. The van der Waals surface area contributed by atoms with Gasteiger partial charge in [-0.05, 0) is 41.8 Å². The van der Waals surface area contributed by atoms with Crippen LogP contribution >= 0.6 is 15.9 Å². The molecule has 0 aliphatic carbocycles. The van der Waals surface area contributed by atoms with Crippen molar-refractivity contribution in [2.24, 2.45) is 0 Å². The van der Waals surface area contributed by atoms with E-state index in [1.165, 1.54) is 5.56 Å². The van der Waals surface area contributed by atoms with Gasteiger partial charge < -0.3 is 5.11 Å². The molecule has 15 heavy (non-hydrogen) atoms. The number of phenols is 1. The van der Waals surface area contributed by atoms with E-state index >= 15 is 0 Å². The zero-order chi connectivity index (χ0) is 10.8. The van der Waals surface area contributed by atoms with Crippen LogP contribution in [0, 0.1) is 6.92 Å². The van der Waals surface area contributed by atoms with Gasteiger partial charge in [0.2, 0.25) is 0 Å². The van der Waals surface area contributed by atoms with Gasteiger partial charge in [0.25, 0.3) is 0 Å². The van der Waals surface area contributed by atoms with Gasteiger partial charge in [-0.2, -0.15) is 0 Å². The van der Waals surface area contributed by atoms with Crippen molar-refractivity contribution in [3.63, 3.8) is 0 Å². The molecule has 2 aromatic rings. The molecule has 0 spiro atoms. The number of rotatable bonds is 1. The van der Waals surface area contributed by atoms with Crippen LogP contribution in [0.1, 0.15) is 5.56 Å². The van der Waals surface area contributed by atoms with Crippen molar-refractivity contribution in [2.75, 3.05) is 0 Å².